The Kier molecular flexibility index (Phi) is 4.13. The summed E-state index contributed by atoms with van der Waals surface area (Å²) in [5.74, 6) is -0.0703. The molecule has 8 heteroatoms. The third-order valence-corrected chi connectivity index (χ3v) is 7.61. The van der Waals surface area contributed by atoms with Gasteiger partial charge in [0.15, 0.2) is 0 Å². The number of hydrogen-bond donors (Lipinski definition) is 1. The number of nitrogens with zero attached hydrogens (tertiary/aromatic N) is 2. The lowest BCUT2D eigenvalue weighted by Gasteiger charge is -2.26. The van der Waals surface area contributed by atoms with Gasteiger partial charge in [-0.15, -0.1) is 11.3 Å². The van der Waals surface area contributed by atoms with Crippen LogP contribution in [0.4, 0.5) is 0 Å². The molecule has 1 amide bonds. The molecular formula is C17H19N3O3S2. The Morgan fingerprint density at radius 1 is 1.28 bits per heavy atom. The van der Waals surface area contributed by atoms with Gasteiger partial charge in [-0.1, -0.05) is 12.1 Å². The van der Waals surface area contributed by atoms with E-state index >= 15 is 0 Å². The van der Waals surface area contributed by atoms with Gasteiger partial charge in [0, 0.05) is 36.0 Å². The van der Waals surface area contributed by atoms with Gasteiger partial charge in [0.1, 0.15) is 0 Å². The second-order valence-corrected chi connectivity index (χ2v) is 9.41. The standard InChI is InChI=1S/C17H19N3O3S2/c1-11-19-16(10-24-11)12-3-2-4-15(7-12)25(22,23)20-13-5-6-14(20)9-18-17(21)8-13/h2-4,7,10,13-14H,5-6,8-9H2,1H3,(H,18,21)/t13-,14+/m1/s1. The van der Waals surface area contributed by atoms with E-state index in [0.717, 1.165) is 29.1 Å². The van der Waals surface area contributed by atoms with Crippen molar-refractivity contribution in [1.29, 1.82) is 0 Å². The fourth-order valence-electron chi connectivity index (χ4n) is 3.67. The van der Waals surface area contributed by atoms with Crippen molar-refractivity contribution in [3.8, 4) is 11.3 Å². The summed E-state index contributed by atoms with van der Waals surface area (Å²) >= 11 is 1.54. The Bertz CT molecular complexity index is 923. The highest BCUT2D eigenvalue weighted by atomic mass is 32.2. The summed E-state index contributed by atoms with van der Waals surface area (Å²) in [5.41, 5.74) is 1.58. The van der Waals surface area contributed by atoms with Crippen LogP contribution in [0.15, 0.2) is 34.5 Å². The van der Waals surface area contributed by atoms with Crippen molar-refractivity contribution in [3.63, 3.8) is 0 Å². The average molecular weight is 377 g/mol. The topological polar surface area (TPSA) is 79.4 Å². The minimum Gasteiger partial charge on any atom is -0.354 e. The zero-order valence-electron chi connectivity index (χ0n) is 13.8. The SMILES string of the molecule is Cc1nc(-c2cccc(S(=O)(=O)N3[C@@H]4CC[C@H]3CNC(=O)C4)c2)cs1. The minimum atomic E-state index is -3.65. The Hall–Kier alpha value is -1.77. The van der Waals surface area contributed by atoms with Crippen LogP contribution >= 0.6 is 11.3 Å². The highest BCUT2D eigenvalue weighted by molar-refractivity contribution is 7.89. The molecule has 0 saturated carbocycles. The molecule has 6 nitrogen and oxygen atoms in total. The number of aryl methyl sites for hydroxylation is 1. The second kappa shape index (κ2) is 6.19. The summed E-state index contributed by atoms with van der Waals surface area (Å²) in [4.78, 5) is 16.5. The fourth-order valence-corrected chi connectivity index (χ4v) is 6.20. The van der Waals surface area contributed by atoms with E-state index in [4.69, 9.17) is 0 Å². The molecule has 2 saturated heterocycles. The molecule has 0 spiro atoms. The molecule has 0 radical (unpaired) electrons. The lowest BCUT2D eigenvalue weighted by atomic mass is 10.1. The van der Waals surface area contributed by atoms with E-state index < -0.39 is 10.0 Å². The molecular weight excluding hydrogens is 358 g/mol. The number of rotatable bonds is 3. The monoisotopic (exact) mass is 377 g/mol. The van der Waals surface area contributed by atoms with Crippen LogP contribution in [0.2, 0.25) is 0 Å². The smallest absolute Gasteiger partial charge is 0.243 e. The number of amides is 1. The first-order chi connectivity index (χ1) is 11.9. The fraction of sp³-hybridized carbons (Fsp3) is 0.412. The first kappa shape index (κ1) is 16.7. The Morgan fingerprint density at radius 3 is 2.84 bits per heavy atom. The number of thiazole rings is 1. The predicted octanol–water partition coefficient (Wildman–Crippen LogP) is 2.16. The van der Waals surface area contributed by atoms with Gasteiger partial charge >= 0.3 is 0 Å². The third kappa shape index (κ3) is 2.98. The zero-order valence-corrected chi connectivity index (χ0v) is 15.4. The van der Waals surface area contributed by atoms with Crippen LogP contribution in [-0.2, 0) is 14.8 Å². The lowest BCUT2D eigenvalue weighted by Crippen LogP contribution is -2.42. The Balaban J connectivity index is 1.72. The maximum absolute atomic E-state index is 13.3. The van der Waals surface area contributed by atoms with Crippen molar-refractivity contribution in [2.75, 3.05) is 6.54 Å². The molecule has 25 heavy (non-hydrogen) atoms. The van der Waals surface area contributed by atoms with Crippen LogP contribution in [0.5, 0.6) is 0 Å². The van der Waals surface area contributed by atoms with E-state index in [2.05, 4.69) is 10.3 Å². The van der Waals surface area contributed by atoms with E-state index in [0.29, 0.717) is 6.54 Å². The van der Waals surface area contributed by atoms with Crippen molar-refractivity contribution in [3.05, 3.63) is 34.7 Å². The quantitative estimate of drug-likeness (QED) is 0.889. The molecule has 2 bridgehead atoms. The van der Waals surface area contributed by atoms with Gasteiger partial charge in [0.25, 0.3) is 0 Å². The predicted molar refractivity (Wildman–Crippen MR) is 95.7 cm³/mol. The summed E-state index contributed by atoms with van der Waals surface area (Å²) in [6.07, 6.45) is 1.76. The van der Waals surface area contributed by atoms with Gasteiger partial charge in [-0.2, -0.15) is 4.31 Å². The minimum absolute atomic E-state index is 0.0703. The number of fused-ring (bicyclic) bond motifs is 2. The molecule has 2 aliphatic heterocycles. The summed E-state index contributed by atoms with van der Waals surface area (Å²) in [6.45, 7) is 2.31. The van der Waals surface area contributed by atoms with Crippen molar-refractivity contribution >= 4 is 27.3 Å². The molecule has 2 atom stereocenters. The molecule has 2 aliphatic rings. The number of aromatic nitrogens is 1. The van der Waals surface area contributed by atoms with Gasteiger partial charge in [-0.25, -0.2) is 13.4 Å². The zero-order chi connectivity index (χ0) is 17.6. The van der Waals surface area contributed by atoms with E-state index in [9.17, 15) is 13.2 Å². The van der Waals surface area contributed by atoms with Crippen molar-refractivity contribution < 1.29 is 13.2 Å². The number of carbonyl (C=O) groups is 1. The van der Waals surface area contributed by atoms with Crippen LogP contribution in [0.25, 0.3) is 11.3 Å². The maximum atomic E-state index is 13.3. The summed E-state index contributed by atoms with van der Waals surface area (Å²) < 4.78 is 28.1. The van der Waals surface area contributed by atoms with Crippen molar-refractivity contribution in [1.82, 2.24) is 14.6 Å². The highest BCUT2D eigenvalue weighted by Gasteiger charge is 2.44. The molecule has 0 aliphatic carbocycles. The molecule has 1 aromatic heterocycles. The summed E-state index contributed by atoms with van der Waals surface area (Å²) in [6, 6.07) is 6.52. The highest BCUT2D eigenvalue weighted by Crippen LogP contribution is 2.35. The van der Waals surface area contributed by atoms with E-state index in [-0.39, 0.29) is 29.3 Å². The second-order valence-electron chi connectivity index (χ2n) is 6.51. The van der Waals surface area contributed by atoms with Crippen molar-refractivity contribution in [2.45, 2.75) is 43.2 Å². The van der Waals surface area contributed by atoms with E-state index in [1.165, 1.54) is 11.3 Å². The maximum Gasteiger partial charge on any atom is 0.243 e. The van der Waals surface area contributed by atoms with Crippen LogP contribution in [0, 0.1) is 6.92 Å². The number of hydrogen-bond acceptors (Lipinski definition) is 5. The van der Waals surface area contributed by atoms with Crippen LogP contribution in [-0.4, -0.2) is 42.2 Å². The van der Waals surface area contributed by atoms with Crippen LogP contribution < -0.4 is 5.32 Å². The van der Waals surface area contributed by atoms with Crippen LogP contribution in [0.1, 0.15) is 24.3 Å². The Labute approximate surface area is 150 Å². The lowest BCUT2D eigenvalue weighted by molar-refractivity contribution is -0.121. The molecule has 4 rings (SSSR count). The molecule has 2 fully saturated rings. The van der Waals surface area contributed by atoms with Crippen molar-refractivity contribution in [2.24, 2.45) is 0 Å². The molecule has 2 aromatic rings. The molecule has 1 N–H and O–H groups in total. The summed E-state index contributed by atoms with van der Waals surface area (Å²) in [7, 11) is -3.65. The largest absolute Gasteiger partial charge is 0.354 e. The first-order valence-electron chi connectivity index (χ1n) is 8.28. The third-order valence-electron chi connectivity index (χ3n) is 4.83. The number of sulfonamides is 1. The van der Waals surface area contributed by atoms with Gasteiger partial charge in [0.05, 0.1) is 15.6 Å². The number of benzene rings is 1. The number of nitrogens with one attached hydrogen (secondary N) is 1. The van der Waals surface area contributed by atoms with Gasteiger partial charge in [-0.05, 0) is 31.9 Å². The van der Waals surface area contributed by atoms with E-state index in [1.807, 2.05) is 18.4 Å². The van der Waals surface area contributed by atoms with Gasteiger partial charge in [0.2, 0.25) is 15.9 Å². The summed E-state index contributed by atoms with van der Waals surface area (Å²) in [5, 5.41) is 5.69. The van der Waals surface area contributed by atoms with Gasteiger partial charge < -0.3 is 5.32 Å². The van der Waals surface area contributed by atoms with E-state index in [1.54, 1.807) is 22.5 Å². The Morgan fingerprint density at radius 2 is 2.08 bits per heavy atom. The first-order valence-corrected chi connectivity index (χ1v) is 10.6. The normalized spacial score (nSPS) is 24.1. The average Bonchev–Trinajstić information content (AvgIpc) is 3.14. The molecule has 3 heterocycles. The molecule has 0 unspecified atom stereocenters. The molecule has 132 valence electrons. The van der Waals surface area contributed by atoms with Crippen LogP contribution in [0.3, 0.4) is 0 Å². The van der Waals surface area contributed by atoms with Gasteiger partial charge in [-0.3, -0.25) is 4.79 Å². The number of carbonyl (C=O) groups excluding carboxylic acids is 1. The molecule has 1 aromatic carbocycles.